The molecule has 5 nitrogen and oxygen atoms in total. The predicted octanol–water partition coefficient (Wildman–Crippen LogP) is 1.78. The van der Waals surface area contributed by atoms with Crippen LogP contribution in [-0.4, -0.2) is 28.7 Å². The van der Waals surface area contributed by atoms with E-state index in [9.17, 15) is 14.4 Å². The van der Waals surface area contributed by atoms with Gasteiger partial charge in [-0.05, 0) is 44.0 Å². The van der Waals surface area contributed by atoms with Crippen LogP contribution in [0.25, 0.3) is 0 Å². The second-order valence-electron chi connectivity index (χ2n) is 5.12. The highest BCUT2D eigenvalue weighted by atomic mass is 16.2. The van der Waals surface area contributed by atoms with Crippen molar-refractivity contribution < 1.29 is 14.4 Å². The number of benzene rings is 1. The van der Waals surface area contributed by atoms with Crippen LogP contribution in [-0.2, 0) is 14.4 Å². The van der Waals surface area contributed by atoms with Gasteiger partial charge in [0.15, 0.2) is 0 Å². The number of carbonyl (C=O) groups is 3. The van der Waals surface area contributed by atoms with Crippen molar-refractivity contribution in [3.8, 4) is 0 Å². The lowest BCUT2D eigenvalue weighted by Crippen LogP contribution is -2.44. The molecule has 0 spiro atoms. The second-order valence-corrected chi connectivity index (χ2v) is 5.12. The number of rotatable bonds is 3. The number of anilines is 1. The Hall–Kier alpha value is -2.17. The maximum Gasteiger partial charge on any atom is 0.247 e. The Balaban J connectivity index is 2.09. The summed E-state index contributed by atoms with van der Waals surface area (Å²) in [6, 6.07) is 4.81. The van der Waals surface area contributed by atoms with Crippen molar-refractivity contribution in [1.29, 1.82) is 0 Å². The Labute approximate surface area is 118 Å². The van der Waals surface area contributed by atoms with Crippen molar-refractivity contribution in [3.05, 3.63) is 29.3 Å². The van der Waals surface area contributed by atoms with Gasteiger partial charge in [0, 0.05) is 18.5 Å². The fourth-order valence-corrected chi connectivity index (χ4v) is 2.21. The van der Waals surface area contributed by atoms with Crippen molar-refractivity contribution >= 4 is 23.4 Å². The highest BCUT2D eigenvalue weighted by molar-refractivity contribution is 6.07. The maximum absolute atomic E-state index is 12.1. The Kier molecular flexibility index (Phi) is 3.88. The van der Waals surface area contributed by atoms with E-state index in [0.29, 0.717) is 5.69 Å². The fourth-order valence-electron chi connectivity index (χ4n) is 2.21. The molecule has 3 amide bonds. The van der Waals surface area contributed by atoms with Gasteiger partial charge >= 0.3 is 0 Å². The minimum atomic E-state index is -0.779. The van der Waals surface area contributed by atoms with E-state index in [1.54, 1.807) is 13.0 Å². The van der Waals surface area contributed by atoms with E-state index in [-0.39, 0.29) is 30.6 Å². The Morgan fingerprint density at radius 1 is 1.15 bits per heavy atom. The van der Waals surface area contributed by atoms with Crippen molar-refractivity contribution in [2.75, 3.05) is 5.32 Å². The molecule has 1 atom stereocenters. The van der Waals surface area contributed by atoms with Gasteiger partial charge in [0.2, 0.25) is 17.7 Å². The Bertz CT molecular complexity index is 564. The van der Waals surface area contributed by atoms with E-state index in [0.717, 1.165) is 16.0 Å². The molecule has 0 bridgehead atoms. The molecule has 0 saturated carbocycles. The summed E-state index contributed by atoms with van der Waals surface area (Å²) in [4.78, 5) is 36.4. The normalized spacial score (nSPS) is 16.4. The quantitative estimate of drug-likeness (QED) is 0.854. The second kappa shape index (κ2) is 5.45. The number of amides is 3. The topological polar surface area (TPSA) is 66.5 Å². The van der Waals surface area contributed by atoms with Gasteiger partial charge in [-0.25, -0.2) is 0 Å². The van der Waals surface area contributed by atoms with E-state index in [2.05, 4.69) is 5.32 Å². The highest BCUT2D eigenvalue weighted by Gasteiger charge is 2.36. The molecular formula is C15H18N2O3. The number of hydrogen-bond donors (Lipinski definition) is 1. The summed E-state index contributed by atoms with van der Waals surface area (Å²) in [5, 5.41) is 2.74. The monoisotopic (exact) mass is 274 g/mol. The molecule has 1 saturated heterocycles. The molecule has 0 aromatic heterocycles. The van der Waals surface area contributed by atoms with Crippen LogP contribution in [0.15, 0.2) is 18.2 Å². The zero-order valence-electron chi connectivity index (χ0n) is 11.9. The SMILES string of the molecule is Cc1ccc(NC(=O)[C@H](C)N2C(=O)CCC2=O)cc1C. The largest absolute Gasteiger partial charge is 0.324 e. The van der Waals surface area contributed by atoms with Crippen LogP contribution in [0.4, 0.5) is 5.69 Å². The first-order chi connectivity index (χ1) is 9.40. The van der Waals surface area contributed by atoms with Gasteiger partial charge in [-0.3, -0.25) is 19.3 Å². The molecule has 0 aliphatic carbocycles. The Morgan fingerprint density at radius 3 is 2.30 bits per heavy atom. The number of likely N-dealkylation sites (tertiary alicyclic amines) is 1. The van der Waals surface area contributed by atoms with Gasteiger partial charge in [0.1, 0.15) is 6.04 Å². The van der Waals surface area contributed by atoms with Crippen LogP contribution in [0.1, 0.15) is 30.9 Å². The molecular weight excluding hydrogens is 256 g/mol. The summed E-state index contributed by atoms with van der Waals surface area (Å²) in [5.74, 6) is -0.910. The van der Waals surface area contributed by atoms with Crippen LogP contribution in [0.3, 0.4) is 0 Å². The molecule has 0 radical (unpaired) electrons. The summed E-state index contributed by atoms with van der Waals surface area (Å²) in [5.41, 5.74) is 2.88. The molecule has 0 unspecified atom stereocenters. The Morgan fingerprint density at radius 2 is 1.75 bits per heavy atom. The maximum atomic E-state index is 12.1. The standard InChI is InChI=1S/C15H18N2O3/c1-9-4-5-12(8-10(9)2)16-15(20)11(3)17-13(18)6-7-14(17)19/h4-5,8,11H,6-7H2,1-3H3,(H,16,20)/t11-/m0/s1. The summed E-state index contributed by atoms with van der Waals surface area (Å²) in [7, 11) is 0. The minimum Gasteiger partial charge on any atom is -0.324 e. The van der Waals surface area contributed by atoms with E-state index in [1.165, 1.54) is 0 Å². The summed E-state index contributed by atoms with van der Waals surface area (Å²) >= 11 is 0. The lowest BCUT2D eigenvalue weighted by molar-refractivity contribution is -0.144. The predicted molar refractivity (Wildman–Crippen MR) is 75.1 cm³/mol. The van der Waals surface area contributed by atoms with Crippen LogP contribution in [0.2, 0.25) is 0 Å². The van der Waals surface area contributed by atoms with Crippen molar-refractivity contribution in [1.82, 2.24) is 4.90 Å². The van der Waals surface area contributed by atoms with Crippen LogP contribution in [0.5, 0.6) is 0 Å². The lowest BCUT2D eigenvalue weighted by atomic mass is 10.1. The molecule has 5 heteroatoms. The average molecular weight is 274 g/mol. The van der Waals surface area contributed by atoms with Gasteiger partial charge in [-0.2, -0.15) is 0 Å². The molecule has 1 heterocycles. The molecule has 1 fully saturated rings. The van der Waals surface area contributed by atoms with E-state index in [4.69, 9.17) is 0 Å². The fraction of sp³-hybridized carbons (Fsp3) is 0.400. The summed E-state index contributed by atoms with van der Waals surface area (Å²) < 4.78 is 0. The van der Waals surface area contributed by atoms with Crippen molar-refractivity contribution in [3.63, 3.8) is 0 Å². The smallest absolute Gasteiger partial charge is 0.247 e. The van der Waals surface area contributed by atoms with Crippen molar-refractivity contribution in [2.24, 2.45) is 0 Å². The zero-order chi connectivity index (χ0) is 14.9. The number of nitrogens with zero attached hydrogens (tertiary/aromatic N) is 1. The van der Waals surface area contributed by atoms with Crippen LogP contribution < -0.4 is 5.32 Å². The van der Waals surface area contributed by atoms with E-state index < -0.39 is 6.04 Å². The first kappa shape index (κ1) is 14.2. The average Bonchev–Trinajstić information content (AvgIpc) is 2.72. The third-order valence-corrected chi connectivity index (χ3v) is 3.63. The van der Waals surface area contributed by atoms with Gasteiger partial charge in [-0.1, -0.05) is 6.07 Å². The summed E-state index contributed by atoms with van der Waals surface area (Å²) in [6.45, 7) is 5.52. The third kappa shape index (κ3) is 2.71. The van der Waals surface area contributed by atoms with E-state index in [1.807, 2.05) is 26.0 Å². The number of imide groups is 1. The molecule has 2 rings (SSSR count). The van der Waals surface area contributed by atoms with Gasteiger partial charge in [0.05, 0.1) is 0 Å². The minimum absolute atomic E-state index is 0.195. The van der Waals surface area contributed by atoms with Crippen molar-refractivity contribution in [2.45, 2.75) is 39.7 Å². The van der Waals surface area contributed by atoms with Gasteiger partial charge in [-0.15, -0.1) is 0 Å². The molecule has 1 N–H and O–H groups in total. The first-order valence-electron chi connectivity index (χ1n) is 6.63. The number of aryl methyl sites for hydroxylation is 2. The van der Waals surface area contributed by atoms with Crippen LogP contribution in [0, 0.1) is 13.8 Å². The van der Waals surface area contributed by atoms with Gasteiger partial charge in [0.25, 0.3) is 0 Å². The third-order valence-electron chi connectivity index (χ3n) is 3.63. The number of hydrogen-bond acceptors (Lipinski definition) is 3. The summed E-state index contributed by atoms with van der Waals surface area (Å²) in [6.07, 6.45) is 0.389. The lowest BCUT2D eigenvalue weighted by Gasteiger charge is -2.21. The van der Waals surface area contributed by atoms with Gasteiger partial charge < -0.3 is 5.32 Å². The molecule has 1 aromatic carbocycles. The molecule has 1 aliphatic rings. The number of carbonyl (C=O) groups excluding carboxylic acids is 3. The molecule has 1 aromatic rings. The highest BCUT2D eigenvalue weighted by Crippen LogP contribution is 2.18. The molecule has 106 valence electrons. The number of nitrogens with one attached hydrogen (secondary N) is 1. The first-order valence-corrected chi connectivity index (χ1v) is 6.63. The van der Waals surface area contributed by atoms with E-state index >= 15 is 0 Å². The molecule has 20 heavy (non-hydrogen) atoms. The zero-order valence-corrected chi connectivity index (χ0v) is 11.9. The molecule has 1 aliphatic heterocycles. The van der Waals surface area contributed by atoms with Crippen LogP contribution >= 0.6 is 0 Å².